The molecule has 5 rings (SSSR count). The molecule has 2 heterocycles. The van der Waals surface area contributed by atoms with Crippen molar-refractivity contribution in [1.82, 2.24) is 5.32 Å². The van der Waals surface area contributed by atoms with Crippen LogP contribution in [0.5, 0.6) is 11.5 Å². The molecule has 0 saturated carbocycles. The maximum atomic E-state index is 13.5. The topological polar surface area (TPSA) is 73.9 Å². The first kappa shape index (κ1) is 23.7. The lowest BCUT2D eigenvalue weighted by atomic mass is 9.66. The number of esters is 1. The third-order valence-electron chi connectivity index (χ3n) is 6.81. The number of allylic oxidation sites excluding steroid dienone is 2. The molecule has 0 radical (unpaired) electrons. The van der Waals surface area contributed by atoms with Gasteiger partial charge >= 0.3 is 5.97 Å². The van der Waals surface area contributed by atoms with Crippen molar-refractivity contribution in [3.05, 3.63) is 81.6 Å². The quantitative estimate of drug-likeness (QED) is 0.513. The summed E-state index contributed by atoms with van der Waals surface area (Å²) < 4.78 is 17.6. The minimum atomic E-state index is -0.758. The summed E-state index contributed by atoms with van der Waals surface area (Å²) in [6.45, 7) is 8.73. The number of nitrogens with one attached hydrogen (secondary N) is 1. The van der Waals surface area contributed by atoms with E-state index in [-0.39, 0.29) is 24.6 Å². The summed E-state index contributed by atoms with van der Waals surface area (Å²) in [5, 5.41) is 3.31. The number of carbonyl (C=O) groups excluding carboxylic acids is 2. The summed E-state index contributed by atoms with van der Waals surface area (Å²) in [7, 11) is 0. The Labute approximate surface area is 213 Å². The maximum absolute atomic E-state index is 13.5. The third kappa shape index (κ3) is 4.61. The number of fused-ring (bicyclic) bond motifs is 1. The van der Waals surface area contributed by atoms with Gasteiger partial charge in [0, 0.05) is 40.2 Å². The highest BCUT2D eigenvalue weighted by Crippen LogP contribution is 2.51. The Morgan fingerprint density at radius 3 is 2.63 bits per heavy atom. The minimum absolute atomic E-state index is 0.0351. The van der Waals surface area contributed by atoms with Crippen LogP contribution in [0, 0.1) is 11.3 Å². The van der Waals surface area contributed by atoms with Crippen molar-refractivity contribution < 1.29 is 23.8 Å². The van der Waals surface area contributed by atoms with Crippen molar-refractivity contribution in [2.45, 2.75) is 39.0 Å². The Bertz CT molecular complexity index is 1230. The molecule has 2 aromatic carbocycles. The molecule has 7 heteroatoms. The molecule has 1 N–H and O–H groups in total. The smallest absolute Gasteiger partial charge is 0.315 e. The number of halogens is 1. The Morgan fingerprint density at radius 2 is 1.89 bits per heavy atom. The second kappa shape index (κ2) is 9.19. The molecule has 182 valence electrons. The summed E-state index contributed by atoms with van der Waals surface area (Å²) >= 11 is 3.65. The van der Waals surface area contributed by atoms with E-state index in [1.807, 2.05) is 42.5 Å². The number of ether oxygens (including phenoxy) is 3. The first-order chi connectivity index (χ1) is 16.7. The number of ketones is 1. The van der Waals surface area contributed by atoms with Gasteiger partial charge in [0.25, 0.3) is 0 Å². The van der Waals surface area contributed by atoms with E-state index in [4.69, 9.17) is 14.2 Å². The van der Waals surface area contributed by atoms with Crippen LogP contribution in [0.15, 0.2) is 70.5 Å². The van der Waals surface area contributed by atoms with E-state index in [0.717, 1.165) is 21.3 Å². The molecular formula is C28H28BrNO5. The molecule has 0 saturated heterocycles. The van der Waals surface area contributed by atoms with Crippen molar-refractivity contribution >= 4 is 27.7 Å². The van der Waals surface area contributed by atoms with Gasteiger partial charge in [0.1, 0.15) is 5.92 Å². The van der Waals surface area contributed by atoms with E-state index >= 15 is 0 Å². The highest BCUT2D eigenvalue weighted by Gasteiger charge is 2.47. The number of hydrogen-bond acceptors (Lipinski definition) is 6. The molecule has 2 aliphatic heterocycles. The van der Waals surface area contributed by atoms with Crippen LogP contribution in [-0.2, 0) is 20.7 Å². The molecule has 0 spiro atoms. The molecule has 0 bridgehead atoms. The number of rotatable bonds is 5. The van der Waals surface area contributed by atoms with Crippen molar-refractivity contribution in [2.24, 2.45) is 11.3 Å². The zero-order chi connectivity index (χ0) is 24.7. The van der Waals surface area contributed by atoms with Crippen LogP contribution in [0.2, 0.25) is 0 Å². The van der Waals surface area contributed by atoms with Crippen molar-refractivity contribution in [2.75, 3.05) is 13.4 Å². The normalized spacial score (nSPS) is 22.5. The molecule has 2 aromatic rings. The Morgan fingerprint density at radius 1 is 1.17 bits per heavy atom. The lowest BCUT2D eigenvalue weighted by molar-refractivity contribution is -0.147. The molecule has 2 unspecified atom stereocenters. The van der Waals surface area contributed by atoms with Gasteiger partial charge in [0.2, 0.25) is 6.79 Å². The zero-order valence-electron chi connectivity index (χ0n) is 19.9. The van der Waals surface area contributed by atoms with E-state index in [2.05, 4.69) is 41.7 Å². The van der Waals surface area contributed by atoms with E-state index in [9.17, 15) is 9.59 Å². The van der Waals surface area contributed by atoms with Gasteiger partial charge in [0.15, 0.2) is 17.3 Å². The average molecular weight is 538 g/mol. The van der Waals surface area contributed by atoms with Crippen LogP contribution < -0.4 is 14.8 Å². The summed E-state index contributed by atoms with van der Waals surface area (Å²) in [4.78, 5) is 27.0. The zero-order valence-corrected chi connectivity index (χ0v) is 21.4. The second-order valence-corrected chi connectivity index (χ2v) is 10.9. The van der Waals surface area contributed by atoms with Crippen LogP contribution >= 0.6 is 15.9 Å². The molecule has 6 nitrogen and oxygen atoms in total. The maximum Gasteiger partial charge on any atom is 0.315 e. The summed E-state index contributed by atoms with van der Waals surface area (Å²) in [5.74, 6) is -0.457. The van der Waals surface area contributed by atoms with E-state index in [1.165, 1.54) is 0 Å². The van der Waals surface area contributed by atoms with Crippen LogP contribution in [0.4, 0.5) is 0 Å². The number of carbonyl (C=O) groups is 2. The van der Waals surface area contributed by atoms with Gasteiger partial charge in [0.05, 0.1) is 6.61 Å². The molecule has 0 fully saturated rings. The fraction of sp³-hybridized carbons (Fsp3) is 0.357. The molecule has 35 heavy (non-hydrogen) atoms. The fourth-order valence-electron chi connectivity index (χ4n) is 5.24. The van der Waals surface area contributed by atoms with Gasteiger partial charge in [-0.25, -0.2) is 0 Å². The largest absolute Gasteiger partial charge is 0.465 e. The van der Waals surface area contributed by atoms with E-state index in [0.29, 0.717) is 42.0 Å². The number of hydrogen-bond donors (Lipinski definition) is 1. The van der Waals surface area contributed by atoms with Crippen molar-refractivity contribution in [1.29, 1.82) is 0 Å². The predicted octanol–water partition coefficient (Wildman–Crippen LogP) is 5.42. The van der Waals surface area contributed by atoms with Gasteiger partial charge in [-0.15, -0.1) is 0 Å². The highest BCUT2D eigenvalue weighted by molar-refractivity contribution is 9.10. The van der Waals surface area contributed by atoms with Gasteiger partial charge in [-0.2, -0.15) is 0 Å². The molecule has 1 aliphatic carbocycles. The fourth-order valence-corrected chi connectivity index (χ4v) is 5.80. The van der Waals surface area contributed by atoms with Crippen LogP contribution in [-0.4, -0.2) is 25.2 Å². The van der Waals surface area contributed by atoms with E-state index < -0.39 is 17.8 Å². The van der Waals surface area contributed by atoms with Crippen LogP contribution in [0.1, 0.15) is 43.7 Å². The molecule has 2 atom stereocenters. The Hall–Kier alpha value is -3.06. The first-order valence-corrected chi connectivity index (χ1v) is 12.5. The molecule has 3 aliphatic rings. The van der Waals surface area contributed by atoms with Gasteiger partial charge in [-0.05, 0) is 35.1 Å². The van der Waals surface area contributed by atoms with Crippen LogP contribution in [0.3, 0.4) is 0 Å². The lowest BCUT2D eigenvalue weighted by Gasteiger charge is -2.42. The molecule has 0 aromatic heterocycles. The Kier molecular flexibility index (Phi) is 6.21. The predicted molar refractivity (Wildman–Crippen MR) is 135 cm³/mol. The van der Waals surface area contributed by atoms with Crippen molar-refractivity contribution in [3.8, 4) is 11.5 Å². The highest BCUT2D eigenvalue weighted by atomic mass is 79.9. The second-order valence-electron chi connectivity index (χ2n) is 10.1. The van der Waals surface area contributed by atoms with Gasteiger partial charge < -0.3 is 19.5 Å². The number of Topliss-reactive ketones (excluding diaryl/α,β-unsaturated/α-hetero) is 1. The summed E-state index contributed by atoms with van der Waals surface area (Å²) in [5.41, 5.74) is 3.69. The standard InChI is InChI=1S/C28H28BrNO5/c1-16-24(27(32)33-10-9-17-7-5-4-6-8-17)25(18-11-22-23(12-19(18)29)35-15-34-22)26-20(30-16)13-28(2,3)14-21(26)31/h4-8,11-12,24-25,30H,1,9-10,13-15H2,2-3H3. The number of benzene rings is 2. The summed E-state index contributed by atoms with van der Waals surface area (Å²) in [6.07, 6.45) is 1.72. The SMILES string of the molecule is C=C1NC2=C(C(=O)CC(C)(C)C2)C(c2cc3c(cc2Br)OCO3)C1C(=O)OCCc1ccccc1. The van der Waals surface area contributed by atoms with Crippen molar-refractivity contribution in [3.63, 3.8) is 0 Å². The average Bonchev–Trinajstić information content (AvgIpc) is 3.24. The monoisotopic (exact) mass is 537 g/mol. The lowest BCUT2D eigenvalue weighted by Crippen LogP contribution is -2.44. The van der Waals surface area contributed by atoms with Gasteiger partial charge in [-0.3, -0.25) is 9.59 Å². The molecule has 0 amide bonds. The van der Waals surface area contributed by atoms with Crippen LogP contribution in [0.25, 0.3) is 0 Å². The Balaban J connectivity index is 1.52. The van der Waals surface area contributed by atoms with E-state index in [1.54, 1.807) is 0 Å². The first-order valence-electron chi connectivity index (χ1n) is 11.8. The third-order valence-corrected chi connectivity index (χ3v) is 7.50. The summed E-state index contributed by atoms with van der Waals surface area (Å²) in [6, 6.07) is 13.6. The minimum Gasteiger partial charge on any atom is -0.465 e. The van der Waals surface area contributed by atoms with Gasteiger partial charge in [-0.1, -0.05) is 66.7 Å². The molecular weight excluding hydrogens is 510 g/mol.